The van der Waals surface area contributed by atoms with Gasteiger partial charge < -0.3 is 4.74 Å². The van der Waals surface area contributed by atoms with Crippen LogP contribution in [-0.2, 0) is 27.8 Å². The van der Waals surface area contributed by atoms with Gasteiger partial charge in [-0.3, -0.25) is 4.79 Å². The van der Waals surface area contributed by atoms with Gasteiger partial charge in [-0.2, -0.15) is 0 Å². The van der Waals surface area contributed by atoms with Crippen LogP contribution < -0.4 is 0 Å². The van der Waals surface area contributed by atoms with Crippen LogP contribution in [0.2, 0.25) is 0 Å². The number of carbonyl (C=O) groups excluding carboxylic acids is 1. The molecule has 0 saturated carbocycles. The fourth-order valence-electron chi connectivity index (χ4n) is 1.77. The fraction of sp³-hybridized carbons (Fsp3) is 0.417. The van der Waals surface area contributed by atoms with E-state index in [9.17, 15) is 13.2 Å². The number of sulfone groups is 1. The number of carbonyl (C=O) groups is 1. The van der Waals surface area contributed by atoms with Gasteiger partial charge >= 0.3 is 0 Å². The third-order valence-electron chi connectivity index (χ3n) is 2.74. The van der Waals surface area contributed by atoms with Crippen molar-refractivity contribution in [3.05, 3.63) is 34.9 Å². The zero-order chi connectivity index (χ0) is 12.5. The highest BCUT2D eigenvalue weighted by Crippen LogP contribution is 2.21. The molecule has 0 aliphatic carbocycles. The van der Waals surface area contributed by atoms with E-state index >= 15 is 0 Å². The van der Waals surface area contributed by atoms with E-state index in [1.165, 1.54) is 0 Å². The van der Waals surface area contributed by atoms with Gasteiger partial charge in [0, 0.05) is 18.2 Å². The average molecular weight is 254 g/mol. The summed E-state index contributed by atoms with van der Waals surface area (Å²) in [6.07, 6.45) is 1.18. The first kappa shape index (κ1) is 12.3. The van der Waals surface area contributed by atoms with Crippen LogP contribution in [0.15, 0.2) is 18.2 Å². The summed E-state index contributed by atoms with van der Waals surface area (Å²) in [4.78, 5) is 11.8. The number of ether oxygens (including phenoxy) is 1. The molecule has 2 rings (SSSR count). The Morgan fingerprint density at radius 1 is 1.29 bits per heavy atom. The van der Waals surface area contributed by atoms with Crippen LogP contribution in [0.5, 0.6) is 0 Å². The van der Waals surface area contributed by atoms with E-state index in [2.05, 4.69) is 0 Å². The first-order valence-corrected chi connectivity index (χ1v) is 7.42. The maximum Gasteiger partial charge on any atom is 0.163 e. The maximum atomic E-state index is 11.8. The van der Waals surface area contributed by atoms with Crippen molar-refractivity contribution >= 4 is 15.6 Å². The third-order valence-corrected chi connectivity index (χ3v) is 3.69. The molecule has 0 unspecified atom stereocenters. The molecule has 1 aliphatic rings. The fourth-order valence-corrected chi connectivity index (χ4v) is 2.32. The van der Waals surface area contributed by atoms with Crippen LogP contribution in [0.4, 0.5) is 0 Å². The van der Waals surface area contributed by atoms with E-state index in [0.29, 0.717) is 18.8 Å². The first-order chi connectivity index (χ1) is 7.96. The molecule has 5 heteroatoms. The molecule has 4 nitrogen and oxygen atoms in total. The van der Waals surface area contributed by atoms with Crippen molar-refractivity contribution in [2.45, 2.75) is 19.6 Å². The Morgan fingerprint density at radius 3 is 2.71 bits per heavy atom. The number of fused-ring (bicyclic) bond motifs is 1. The van der Waals surface area contributed by atoms with Crippen LogP contribution in [0.25, 0.3) is 0 Å². The summed E-state index contributed by atoms with van der Waals surface area (Å²) >= 11 is 0. The second-order valence-electron chi connectivity index (χ2n) is 4.28. The van der Waals surface area contributed by atoms with Gasteiger partial charge in [-0.1, -0.05) is 12.1 Å². The minimum atomic E-state index is -3.08. The molecule has 1 aliphatic heterocycles. The number of ketones is 1. The molecule has 0 saturated heterocycles. The third kappa shape index (κ3) is 3.14. The van der Waals surface area contributed by atoms with E-state index in [4.69, 9.17) is 4.74 Å². The predicted molar refractivity (Wildman–Crippen MR) is 63.6 cm³/mol. The average Bonchev–Trinajstić information content (AvgIpc) is 2.71. The largest absolute Gasteiger partial charge is 0.372 e. The van der Waals surface area contributed by atoms with Crippen LogP contribution in [-0.4, -0.2) is 26.2 Å². The van der Waals surface area contributed by atoms with E-state index in [1.54, 1.807) is 12.1 Å². The van der Waals surface area contributed by atoms with Crippen molar-refractivity contribution in [1.29, 1.82) is 0 Å². The Hall–Kier alpha value is -1.20. The molecule has 0 bridgehead atoms. The minimum absolute atomic E-state index is 0.0402. The van der Waals surface area contributed by atoms with Gasteiger partial charge in [0.2, 0.25) is 0 Å². The van der Waals surface area contributed by atoms with E-state index < -0.39 is 9.84 Å². The van der Waals surface area contributed by atoms with Gasteiger partial charge in [-0.05, 0) is 17.2 Å². The zero-order valence-corrected chi connectivity index (χ0v) is 10.4. The van der Waals surface area contributed by atoms with Crippen LogP contribution in [0.3, 0.4) is 0 Å². The molecule has 1 heterocycles. The molecule has 0 atom stereocenters. The van der Waals surface area contributed by atoms with Crippen molar-refractivity contribution in [1.82, 2.24) is 0 Å². The summed E-state index contributed by atoms with van der Waals surface area (Å²) in [5, 5.41) is 0. The molecule has 0 aromatic heterocycles. The summed E-state index contributed by atoms with van der Waals surface area (Å²) in [7, 11) is -3.08. The summed E-state index contributed by atoms with van der Waals surface area (Å²) in [5.74, 6) is -0.232. The van der Waals surface area contributed by atoms with Gasteiger partial charge in [-0.15, -0.1) is 0 Å². The molecule has 0 radical (unpaired) electrons. The van der Waals surface area contributed by atoms with E-state index in [1.807, 2.05) is 6.07 Å². The SMILES string of the molecule is CS(=O)(=O)CCC(=O)c1ccc2c(c1)COC2. The number of hydrogen-bond donors (Lipinski definition) is 0. The van der Waals surface area contributed by atoms with Crippen LogP contribution in [0, 0.1) is 0 Å². The van der Waals surface area contributed by atoms with Crippen LogP contribution >= 0.6 is 0 Å². The van der Waals surface area contributed by atoms with E-state index in [-0.39, 0.29) is 18.0 Å². The van der Waals surface area contributed by atoms with Gasteiger partial charge in [0.15, 0.2) is 5.78 Å². The Balaban J connectivity index is 2.10. The predicted octanol–water partition coefficient (Wildman–Crippen LogP) is 1.33. The monoisotopic (exact) mass is 254 g/mol. The normalized spacial score (nSPS) is 14.6. The van der Waals surface area contributed by atoms with Gasteiger partial charge in [0.1, 0.15) is 9.84 Å². The smallest absolute Gasteiger partial charge is 0.163 e. The highest BCUT2D eigenvalue weighted by atomic mass is 32.2. The molecule has 17 heavy (non-hydrogen) atoms. The lowest BCUT2D eigenvalue weighted by Gasteiger charge is -2.03. The number of hydrogen-bond acceptors (Lipinski definition) is 4. The minimum Gasteiger partial charge on any atom is -0.372 e. The standard InChI is InChI=1S/C12H14O4S/c1-17(14,15)5-4-12(13)9-2-3-10-7-16-8-11(10)6-9/h2-3,6H,4-5,7-8H2,1H3. The highest BCUT2D eigenvalue weighted by Gasteiger charge is 2.15. The Bertz CT molecular complexity index is 546. The Kier molecular flexibility index (Phi) is 3.31. The first-order valence-electron chi connectivity index (χ1n) is 5.36. The topological polar surface area (TPSA) is 60.4 Å². The number of rotatable bonds is 4. The summed E-state index contributed by atoms with van der Waals surface area (Å²) < 4.78 is 27.2. The molecular weight excluding hydrogens is 240 g/mol. The highest BCUT2D eigenvalue weighted by molar-refractivity contribution is 7.90. The summed E-state index contributed by atoms with van der Waals surface area (Å²) in [6.45, 7) is 1.12. The van der Waals surface area contributed by atoms with Crippen molar-refractivity contribution in [3.63, 3.8) is 0 Å². The molecule has 0 amide bonds. The lowest BCUT2D eigenvalue weighted by molar-refractivity contribution is 0.0988. The summed E-state index contributed by atoms with van der Waals surface area (Å²) in [6, 6.07) is 5.40. The zero-order valence-electron chi connectivity index (χ0n) is 9.60. The Labute approximate surface area is 101 Å². The van der Waals surface area contributed by atoms with Gasteiger partial charge in [0.25, 0.3) is 0 Å². The molecule has 1 aromatic carbocycles. The van der Waals surface area contributed by atoms with Crippen molar-refractivity contribution in [3.8, 4) is 0 Å². The van der Waals surface area contributed by atoms with E-state index in [0.717, 1.165) is 17.4 Å². The van der Waals surface area contributed by atoms with Crippen molar-refractivity contribution < 1.29 is 17.9 Å². The second kappa shape index (κ2) is 4.58. The lowest BCUT2D eigenvalue weighted by atomic mass is 10.0. The van der Waals surface area contributed by atoms with Crippen molar-refractivity contribution in [2.24, 2.45) is 0 Å². The second-order valence-corrected chi connectivity index (χ2v) is 6.54. The molecule has 0 N–H and O–H groups in total. The molecule has 1 aromatic rings. The molecule has 92 valence electrons. The quantitative estimate of drug-likeness (QED) is 0.761. The van der Waals surface area contributed by atoms with Crippen molar-refractivity contribution in [2.75, 3.05) is 12.0 Å². The van der Waals surface area contributed by atoms with Crippen LogP contribution in [0.1, 0.15) is 27.9 Å². The number of Topliss-reactive ketones (excluding diaryl/α,β-unsaturated/α-hetero) is 1. The Morgan fingerprint density at radius 2 is 2.00 bits per heavy atom. The van der Waals surface area contributed by atoms with Gasteiger partial charge in [0.05, 0.1) is 19.0 Å². The molecule has 0 spiro atoms. The lowest BCUT2D eigenvalue weighted by Crippen LogP contribution is -2.09. The molecular formula is C12H14O4S. The maximum absolute atomic E-state index is 11.8. The number of benzene rings is 1. The summed E-state index contributed by atoms with van der Waals surface area (Å²) in [5.41, 5.74) is 2.69. The van der Waals surface area contributed by atoms with Gasteiger partial charge in [-0.25, -0.2) is 8.42 Å². The molecule has 0 fully saturated rings.